The molecular formula is C16H19NO6. The lowest BCUT2D eigenvalue weighted by molar-refractivity contribution is -0.151. The fourth-order valence-corrected chi connectivity index (χ4v) is 2.86. The number of carbonyl (C=O) groups is 3. The van der Waals surface area contributed by atoms with Crippen LogP contribution in [0, 0.1) is 5.41 Å². The maximum atomic E-state index is 11.7. The monoisotopic (exact) mass is 321 g/mol. The van der Waals surface area contributed by atoms with Gasteiger partial charge in [0.25, 0.3) is 0 Å². The molecule has 0 spiro atoms. The number of carboxylic acids is 1. The first-order chi connectivity index (χ1) is 10.9. The highest BCUT2D eigenvalue weighted by Gasteiger charge is 2.42. The Morgan fingerprint density at radius 3 is 2.13 bits per heavy atom. The van der Waals surface area contributed by atoms with Crippen molar-refractivity contribution in [1.82, 2.24) is 4.90 Å². The van der Waals surface area contributed by atoms with Crippen molar-refractivity contribution in [3.63, 3.8) is 0 Å². The van der Waals surface area contributed by atoms with Crippen LogP contribution in [-0.2, 0) is 16.0 Å². The Labute approximate surface area is 133 Å². The van der Waals surface area contributed by atoms with E-state index in [1.54, 1.807) is 24.3 Å². The van der Waals surface area contributed by atoms with Gasteiger partial charge in [0.05, 0.1) is 18.1 Å². The van der Waals surface area contributed by atoms with Crippen LogP contribution >= 0.6 is 0 Å². The third kappa shape index (κ3) is 3.61. The smallest absolute Gasteiger partial charge is 0.407 e. The van der Waals surface area contributed by atoms with E-state index < -0.39 is 23.4 Å². The normalized spacial score (nSPS) is 16.7. The van der Waals surface area contributed by atoms with Gasteiger partial charge in [0.15, 0.2) is 0 Å². The summed E-state index contributed by atoms with van der Waals surface area (Å²) in [5.41, 5.74) is 0.226. The van der Waals surface area contributed by atoms with Crippen molar-refractivity contribution in [2.75, 3.05) is 20.2 Å². The number of aliphatic carboxylic acids is 1. The molecule has 0 radical (unpaired) electrons. The minimum absolute atomic E-state index is 0.210. The molecule has 124 valence electrons. The largest absolute Gasteiger partial charge is 0.481 e. The van der Waals surface area contributed by atoms with Gasteiger partial charge in [-0.25, -0.2) is 9.59 Å². The first-order valence-corrected chi connectivity index (χ1v) is 7.26. The standard InChI is InChI=1S/C16H19NO6/c1-23-13(18)12-4-2-11(3-5-12)10-16(14(19)20)6-8-17(9-7-16)15(21)22/h2-5H,6-10H2,1H3,(H,19,20)(H,21,22). The lowest BCUT2D eigenvalue weighted by atomic mass is 9.74. The molecule has 1 aromatic rings. The van der Waals surface area contributed by atoms with Gasteiger partial charge in [-0.3, -0.25) is 4.79 Å². The minimum Gasteiger partial charge on any atom is -0.481 e. The number of carboxylic acid groups (broad SMARTS) is 2. The van der Waals surface area contributed by atoms with Crippen LogP contribution in [0.1, 0.15) is 28.8 Å². The van der Waals surface area contributed by atoms with Crippen molar-refractivity contribution in [1.29, 1.82) is 0 Å². The van der Waals surface area contributed by atoms with Crippen molar-refractivity contribution in [3.8, 4) is 0 Å². The SMILES string of the molecule is COC(=O)c1ccc(CC2(C(=O)O)CCN(C(=O)O)CC2)cc1. The molecule has 0 bridgehead atoms. The van der Waals surface area contributed by atoms with E-state index in [1.165, 1.54) is 12.0 Å². The number of carbonyl (C=O) groups excluding carboxylic acids is 1. The molecule has 2 N–H and O–H groups in total. The highest BCUT2D eigenvalue weighted by atomic mass is 16.5. The van der Waals surface area contributed by atoms with Crippen molar-refractivity contribution in [3.05, 3.63) is 35.4 Å². The first-order valence-electron chi connectivity index (χ1n) is 7.26. The van der Waals surface area contributed by atoms with Gasteiger partial charge in [-0.2, -0.15) is 0 Å². The van der Waals surface area contributed by atoms with E-state index in [4.69, 9.17) is 5.11 Å². The van der Waals surface area contributed by atoms with E-state index >= 15 is 0 Å². The zero-order valence-electron chi connectivity index (χ0n) is 12.8. The Morgan fingerprint density at radius 1 is 1.13 bits per heavy atom. The van der Waals surface area contributed by atoms with Gasteiger partial charge in [0.1, 0.15) is 0 Å². The highest BCUT2D eigenvalue weighted by molar-refractivity contribution is 5.89. The third-order valence-electron chi connectivity index (χ3n) is 4.36. The fourth-order valence-electron chi connectivity index (χ4n) is 2.86. The Morgan fingerprint density at radius 2 is 1.70 bits per heavy atom. The molecule has 0 aromatic heterocycles. The molecule has 7 nitrogen and oxygen atoms in total. The van der Waals surface area contributed by atoms with E-state index in [1.807, 2.05) is 0 Å². The molecule has 2 rings (SSSR count). The summed E-state index contributed by atoms with van der Waals surface area (Å²) in [4.78, 5) is 35.3. The zero-order valence-corrected chi connectivity index (χ0v) is 12.8. The topological polar surface area (TPSA) is 104 Å². The average Bonchev–Trinajstić information content (AvgIpc) is 2.55. The predicted octanol–water partition coefficient (Wildman–Crippen LogP) is 1.86. The highest BCUT2D eigenvalue weighted by Crippen LogP contribution is 2.35. The van der Waals surface area contributed by atoms with Gasteiger partial charge in [-0.15, -0.1) is 0 Å². The molecule has 1 saturated heterocycles. The summed E-state index contributed by atoms with van der Waals surface area (Å²) in [6.45, 7) is 0.420. The van der Waals surface area contributed by atoms with Gasteiger partial charge < -0.3 is 19.8 Å². The third-order valence-corrected chi connectivity index (χ3v) is 4.36. The lowest BCUT2D eigenvalue weighted by Crippen LogP contribution is -2.47. The summed E-state index contributed by atoms with van der Waals surface area (Å²) >= 11 is 0. The van der Waals surface area contributed by atoms with Crippen LogP contribution in [0.5, 0.6) is 0 Å². The number of ether oxygens (including phenoxy) is 1. The fraction of sp³-hybridized carbons (Fsp3) is 0.438. The van der Waals surface area contributed by atoms with Gasteiger partial charge in [0, 0.05) is 13.1 Å². The molecule has 0 aliphatic carbocycles. The number of esters is 1. The Hall–Kier alpha value is -2.57. The summed E-state index contributed by atoms with van der Waals surface area (Å²) in [6, 6.07) is 6.62. The lowest BCUT2D eigenvalue weighted by Gasteiger charge is -2.37. The van der Waals surface area contributed by atoms with E-state index in [2.05, 4.69) is 4.74 Å². The second-order valence-electron chi connectivity index (χ2n) is 5.72. The molecule has 0 unspecified atom stereocenters. The summed E-state index contributed by atoms with van der Waals surface area (Å²) in [6.07, 6.45) is -0.177. The van der Waals surface area contributed by atoms with E-state index in [9.17, 15) is 19.5 Å². The molecule has 1 aliphatic rings. The van der Waals surface area contributed by atoms with Crippen LogP contribution in [0.4, 0.5) is 4.79 Å². The molecule has 7 heteroatoms. The summed E-state index contributed by atoms with van der Waals surface area (Å²) in [5, 5.41) is 18.6. The number of hydrogen-bond acceptors (Lipinski definition) is 4. The van der Waals surface area contributed by atoms with Crippen molar-refractivity contribution in [2.45, 2.75) is 19.3 Å². The number of nitrogens with zero attached hydrogens (tertiary/aromatic N) is 1. The van der Waals surface area contributed by atoms with Gasteiger partial charge >= 0.3 is 18.0 Å². The van der Waals surface area contributed by atoms with Crippen molar-refractivity contribution >= 4 is 18.0 Å². The molecule has 1 aromatic carbocycles. The van der Waals surface area contributed by atoms with Crippen molar-refractivity contribution < 1.29 is 29.3 Å². The molecular weight excluding hydrogens is 302 g/mol. The van der Waals surface area contributed by atoms with E-state index in [-0.39, 0.29) is 25.9 Å². The number of likely N-dealkylation sites (tertiary alicyclic amines) is 1. The first kappa shape index (κ1) is 16.8. The van der Waals surface area contributed by atoms with E-state index in [0.717, 1.165) is 5.56 Å². The maximum absolute atomic E-state index is 11.7. The number of piperidine rings is 1. The van der Waals surface area contributed by atoms with Crippen molar-refractivity contribution in [2.24, 2.45) is 5.41 Å². The van der Waals surface area contributed by atoms with Crippen LogP contribution < -0.4 is 0 Å². The van der Waals surface area contributed by atoms with Crippen LogP contribution in [-0.4, -0.2) is 53.3 Å². The van der Waals surface area contributed by atoms with Gasteiger partial charge in [-0.05, 0) is 37.0 Å². The number of methoxy groups -OCH3 is 1. The Kier molecular flexibility index (Phi) is 4.88. The quantitative estimate of drug-likeness (QED) is 0.820. The number of rotatable bonds is 4. The minimum atomic E-state index is -1.02. The van der Waals surface area contributed by atoms with Crippen LogP contribution in [0.3, 0.4) is 0 Å². The number of amides is 1. The second kappa shape index (κ2) is 6.68. The molecule has 1 heterocycles. The van der Waals surface area contributed by atoms with Gasteiger partial charge in [-0.1, -0.05) is 12.1 Å². The molecule has 0 atom stereocenters. The van der Waals surface area contributed by atoms with Crippen LogP contribution in [0.15, 0.2) is 24.3 Å². The Bertz CT molecular complexity index is 602. The van der Waals surface area contributed by atoms with E-state index in [0.29, 0.717) is 12.0 Å². The number of hydrogen-bond donors (Lipinski definition) is 2. The summed E-state index contributed by atoms with van der Waals surface area (Å²) in [7, 11) is 1.30. The van der Waals surface area contributed by atoms with Crippen LogP contribution in [0.25, 0.3) is 0 Å². The van der Waals surface area contributed by atoms with Gasteiger partial charge in [0.2, 0.25) is 0 Å². The predicted molar refractivity (Wildman–Crippen MR) is 80.4 cm³/mol. The molecule has 1 amide bonds. The van der Waals surface area contributed by atoms with Crippen LogP contribution in [0.2, 0.25) is 0 Å². The maximum Gasteiger partial charge on any atom is 0.407 e. The number of benzene rings is 1. The summed E-state index contributed by atoms with van der Waals surface area (Å²) < 4.78 is 4.62. The summed E-state index contributed by atoms with van der Waals surface area (Å²) in [5.74, 6) is -1.36. The molecule has 1 fully saturated rings. The molecule has 23 heavy (non-hydrogen) atoms. The zero-order chi connectivity index (χ0) is 17.0. The molecule has 0 saturated carbocycles. The second-order valence-corrected chi connectivity index (χ2v) is 5.72. The average molecular weight is 321 g/mol. The Balaban J connectivity index is 2.13. The molecule has 1 aliphatic heterocycles.